The molecule has 2 heterocycles. The van der Waals surface area contributed by atoms with Crippen LogP contribution in [0.25, 0.3) is 11.5 Å². The summed E-state index contributed by atoms with van der Waals surface area (Å²) in [7, 11) is -3.43. The summed E-state index contributed by atoms with van der Waals surface area (Å²) in [6, 6.07) is 13.1. The number of benzene rings is 1. The lowest BCUT2D eigenvalue weighted by molar-refractivity contribution is 0.0951. The highest BCUT2D eigenvalue weighted by atomic mass is 32.2. The first-order valence-electron chi connectivity index (χ1n) is 7.21. The maximum absolute atomic E-state index is 12.1. The Morgan fingerprint density at radius 3 is 2.67 bits per heavy atom. The molecule has 2 aromatic heterocycles. The summed E-state index contributed by atoms with van der Waals surface area (Å²) >= 11 is 0. The number of furan rings is 1. The highest BCUT2D eigenvalue weighted by molar-refractivity contribution is 7.91. The van der Waals surface area contributed by atoms with E-state index < -0.39 is 15.7 Å². The zero-order chi connectivity index (χ0) is 17.0. The van der Waals surface area contributed by atoms with Crippen LogP contribution >= 0.6 is 0 Å². The molecule has 0 aliphatic carbocycles. The van der Waals surface area contributed by atoms with Crippen LogP contribution in [0, 0.1) is 0 Å². The van der Waals surface area contributed by atoms with Crippen LogP contribution in [-0.4, -0.2) is 36.8 Å². The van der Waals surface area contributed by atoms with Gasteiger partial charge in [0.2, 0.25) is 0 Å². The molecule has 0 bridgehead atoms. The highest BCUT2D eigenvalue weighted by Crippen LogP contribution is 2.17. The average Bonchev–Trinajstić information content (AvgIpc) is 3.26. The van der Waals surface area contributed by atoms with E-state index in [9.17, 15) is 13.2 Å². The largest absolute Gasteiger partial charge is 0.463 e. The van der Waals surface area contributed by atoms with Gasteiger partial charge in [0.05, 0.1) is 16.9 Å². The molecule has 0 aliphatic heterocycles. The fraction of sp³-hybridized carbons (Fsp3) is 0.125. The van der Waals surface area contributed by atoms with Crippen molar-refractivity contribution in [3.8, 4) is 11.5 Å². The van der Waals surface area contributed by atoms with Crippen molar-refractivity contribution < 1.29 is 17.6 Å². The minimum atomic E-state index is -3.43. The lowest BCUT2D eigenvalue weighted by Crippen LogP contribution is -2.29. The first-order chi connectivity index (χ1) is 11.6. The summed E-state index contributed by atoms with van der Waals surface area (Å²) in [6.45, 7) is -0.000986. The van der Waals surface area contributed by atoms with E-state index >= 15 is 0 Å². The van der Waals surface area contributed by atoms with E-state index in [1.807, 2.05) is 0 Å². The van der Waals surface area contributed by atoms with Gasteiger partial charge in [0.15, 0.2) is 21.3 Å². The molecule has 0 aliphatic rings. The number of aromatic nitrogens is 2. The van der Waals surface area contributed by atoms with Crippen LogP contribution < -0.4 is 5.32 Å². The van der Waals surface area contributed by atoms with Crippen molar-refractivity contribution in [2.75, 3.05) is 12.3 Å². The molecular weight excluding hydrogens is 330 g/mol. The van der Waals surface area contributed by atoms with Gasteiger partial charge in [0, 0.05) is 12.6 Å². The van der Waals surface area contributed by atoms with Crippen molar-refractivity contribution in [2.45, 2.75) is 4.90 Å². The van der Waals surface area contributed by atoms with Crippen molar-refractivity contribution in [1.29, 1.82) is 0 Å². The maximum Gasteiger partial charge on any atom is 0.271 e. The molecule has 0 unspecified atom stereocenters. The van der Waals surface area contributed by atoms with Gasteiger partial charge in [-0.05, 0) is 24.3 Å². The van der Waals surface area contributed by atoms with Crippen molar-refractivity contribution >= 4 is 15.7 Å². The number of sulfone groups is 1. The molecule has 1 aromatic carbocycles. The predicted molar refractivity (Wildman–Crippen MR) is 87.1 cm³/mol. The fourth-order valence-corrected chi connectivity index (χ4v) is 3.31. The predicted octanol–water partition coefficient (Wildman–Crippen LogP) is 1.87. The van der Waals surface area contributed by atoms with E-state index in [-0.39, 0.29) is 22.9 Å². The number of carbonyl (C=O) groups is 1. The SMILES string of the molecule is O=C(NCCS(=O)(=O)c1ccccc1)c1cc(-c2ccco2)[nH]n1. The van der Waals surface area contributed by atoms with Gasteiger partial charge >= 0.3 is 0 Å². The topological polar surface area (TPSA) is 105 Å². The second-order valence-corrected chi connectivity index (χ2v) is 7.14. The Hall–Kier alpha value is -2.87. The van der Waals surface area contributed by atoms with Crippen molar-refractivity contribution in [2.24, 2.45) is 0 Å². The van der Waals surface area contributed by atoms with Crippen LogP contribution in [0.3, 0.4) is 0 Å². The smallest absolute Gasteiger partial charge is 0.271 e. The van der Waals surface area contributed by atoms with Crippen LogP contribution in [0.5, 0.6) is 0 Å². The molecule has 24 heavy (non-hydrogen) atoms. The molecule has 8 heteroatoms. The van der Waals surface area contributed by atoms with Crippen molar-refractivity contribution in [1.82, 2.24) is 15.5 Å². The summed E-state index contributed by atoms with van der Waals surface area (Å²) < 4.78 is 29.5. The Kier molecular flexibility index (Phi) is 4.48. The van der Waals surface area contributed by atoms with E-state index in [1.54, 1.807) is 36.4 Å². The van der Waals surface area contributed by atoms with Crippen molar-refractivity contribution in [3.05, 3.63) is 60.5 Å². The monoisotopic (exact) mass is 345 g/mol. The number of carbonyl (C=O) groups excluding carboxylic acids is 1. The zero-order valence-electron chi connectivity index (χ0n) is 12.6. The molecule has 2 N–H and O–H groups in total. The number of H-pyrrole nitrogens is 1. The number of rotatable bonds is 6. The number of amides is 1. The van der Waals surface area contributed by atoms with Gasteiger partial charge in [-0.15, -0.1) is 0 Å². The number of hydrogen-bond acceptors (Lipinski definition) is 5. The number of aromatic amines is 1. The minimum absolute atomic E-state index is 0.000986. The number of hydrogen-bond donors (Lipinski definition) is 2. The Balaban J connectivity index is 1.58. The third-order valence-corrected chi connectivity index (χ3v) is 5.09. The van der Waals surface area contributed by atoms with Gasteiger partial charge in [0.25, 0.3) is 5.91 Å². The molecule has 0 radical (unpaired) electrons. The van der Waals surface area contributed by atoms with E-state index in [1.165, 1.54) is 18.4 Å². The standard InChI is InChI=1S/C16H15N3O4S/c20-16(14-11-13(18-19-14)15-7-4-9-23-15)17-8-10-24(21,22)12-5-2-1-3-6-12/h1-7,9,11H,8,10H2,(H,17,20)(H,18,19). The molecule has 0 saturated carbocycles. The van der Waals surface area contributed by atoms with Gasteiger partial charge in [-0.1, -0.05) is 18.2 Å². The molecular formula is C16H15N3O4S. The lowest BCUT2D eigenvalue weighted by Gasteiger charge is -2.05. The van der Waals surface area contributed by atoms with Gasteiger partial charge in [-0.3, -0.25) is 9.89 Å². The fourth-order valence-electron chi connectivity index (χ4n) is 2.13. The summed E-state index contributed by atoms with van der Waals surface area (Å²) in [5.41, 5.74) is 0.737. The normalized spacial score (nSPS) is 11.3. The summed E-state index contributed by atoms with van der Waals surface area (Å²) in [6.07, 6.45) is 1.52. The third-order valence-electron chi connectivity index (χ3n) is 3.36. The first-order valence-corrected chi connectivity index (χ1v) is 8.87. The second-order valence-electron chi connectivity index (χ2n) is 5.03. The molecule has 0 saturated heterocycles. The molecule has 0 spiro atoms. The van der Waals surface area contributed by atoms with E-state index in [2.05, 4.69) is 15.5 Å². The van der Waals surface area contributed by atoms with Crippen LogP contribution in [0.4, 0.5) is 0 Å². The Bertz CT molecular complexity index is 915. The highest BCUT2D eigenvalue weighted by Gasteiger charge is 2.16. The molecule has 3 aromatic rings. The Morgan fingerprint density at radius 1 is 1.17 bits per heavy atom. The van der Waals surface area contributed by atoms with E-state index in [4.69, 9.17) is 4.42 Å². The van der Waals surface area contributed by atoms with E-state index in [0.29, 0.717) is 11.5 Å². The van der Waals surface area contributed by atoms with E-state index in [0.717, 1.165) is 0 Å². The van der Waals surface area contributed by atoms with Crippen LogP contribution in [0.2, 0.25) is 0 Å². The number of nitrogens with one attached hydrogen (secondary N) is 2. The summed E-state index contributed by atoms with van der Waals surface area (Å²) in [5.74, 6) is -0.0707. The molecule has 7 nitrogen and oxygen atoms in total. The lowest BCUT2D eigenvalue weighted by atomic mass is 10.3. The van der Waals surface area contributed by atoms with Gasteiger partial charge in [-0.2, -0.15) is 5.10 Å². The minimum Gasteiger partial charge on any atom is -0.463 e. The van der Waals surface area contributed by atoms with Crippen LogP contribution in [-0.2, 0) is 9.84 Å². The Labute approximate surface area is 138 Å². The maximum atomic E-state index is 12.1. The third kappa shape index (κ3) is 3.54. The van der Waals surface area contributed by atoms with Gasteiger partial charge in [0.1, 0.15) is 5.69 Å². The molecule has 124 valence electrons. The van der Waals surface area contributed by atoms with Gasteiger partial charge in [-0.25, -0.2) is 8.42 Å². The molecule has 1 amide bonds. The quantitative estimate of drug-likeness (QED) is 0.709. The second kappa shape index (κ2) is 6.71. The zero-order valence-corrected chi connectivity index (χ0v) is 13.4. The summed E-state index contributed by atoms with van der Waals surface area (Å²) in [5, 5.41) is 9.15. The number of nitrogens with zero attached hydrogens (tertiary/aromatic N) is 1. The molecule has 0 fully saturated rings. The summed E-state index contributed by atoms with van der Waals surface area (Å²) in [4.78, 5) is 12.3. The van der Waals surface area contributed by atoms with Crippen LogP contribution in [0.1, 0.15) is 10.5 Å². The molecule has 3 rings (SSSR count). The van der Waals surface area contributed by atoms with Gasteiger partial charge < -0.3 is 9.73 Å². The van der Waals surface area contributed by atoms with Crippen molar-refractivity contribution in [3.63, 3.8) is 0 Å². The average molecular weight is 345 g/mol. The first kappa shape index (κ1) is 16.0. The Morgan fingerprint density at radius 2 is 1.96 bits per heavy atom. The molecule has 0 atom stereocenters. The van der Waals surface area contributed by atoms with Crippen LogP contribution in [0.15, 0.2) is 64.1 Å².